The van der Waals surface area contributed by atoms with Crippen molar-refractivity contribution in [1.29, 1.82) is 0 Å². The van der Waals surface area contributed by atoms with Crippen LogP contribution in [0.4, 0.5) is 4.79 Å². The summed E-state index contributed by atoms with van der Waals surface area (Å²) in [7, 11) is 0. The van der Waals surface area contributed by atoms with Crippen LogP contribution in [0.5, 0.6) is 0 Å². The van der Waals surface area contributed by atoms with E-state index in [-0.39, 0.29) is 18.0 Å². The fraction of sp³-hybridized carbons (Fsp3) is 0.875. The van der Waals surface area contributed by atoms with Crippen molar-refractivity contribution in [2.75, 3.05) is 13.1 Å². The Kier molecular flexibility index (Phi) is 5.00. The van der Waals surface area contributed by atoms with Gasteiger partial charge in [0.2, 0.25) is 5.91 Å². The standard InChI is InChI=1S/C16H29N3O3/c1-11(17)14(20)18-9-7-13(8-10-18)19(12-5-6-12)15(21)22-16(2,3)4/h11-13H,5-10,17H2,1-4H3/t11-/m0/s1. The van der Waals surface area contributed by atoms with Crippen LogP contribution in [0.25, 0.3) is 0 Å². The van der Waals surface area contributed by atoms with E-state index in [0.717, 1.165) is 25.7 Å². The Morgan fingerprint density at radius 2 is 1.64 bits per heavy atom. The number of amides is 2. The van der Waals surface area contributed by atoms with Gasteiger partial charge in [-0.2, -0.15) is 0 Å². The number of rotatable bonds is 3. The summed E-state index contributed by atoms with van der Waals surface area (Å²) in [4.78, 5) is 28.1. The Morgan fingerprint density at radius 3 is 2.05 bits per heavy atom. The average molecular weight is 311 g/mol. The SMILES string of the molecule is C[C@H](N)C(=O)N1CCC(N(C(=O)OC(C)(C)C)C2CC2)CC1. The number of piperidine rings is 1. The van der Waals surface area contributed by atoms with Crippen LogP contribution < -0.4 is 5.73 Å². The lowest BCUT2D eigenvalue weighted by Crippen LogP contribution is -2.52. The van der Waals surface area contributed by atoms with Gasteiger partial charge in [-0.15, -0.1) is 0 Å². The topological polar surface area (TPSA) is 75.9 Å². The number of nitrogens with zero attached hydrogens (tertiary/aromatic N) is 2. The Morgan fingerprint density at radius 1 is 1.14 bits per heavy atom. The molecule has 0 aromatic carbocycles. The second-order valence-corrected chi connectivity index (χ2v) is 7.46. The van der Waals surface area contributed by atoms with Gasteiger partial charge in [0.15, 0.2) is 0 Å². The van der Waals surface area contributed by atoms with Crippen LogP contribution >= 0.6 is 0 Å². The minimum atomic E-state index is -0.476. The third-order valence-electron chi connectivity index (χ3n) is 4.10. The van der Waals surface area contributed by atoms with E-state index in [9.17, 15) is 9.59 Å². The van der Waals surface area contributed by atoms with Crippen molar-refractivity contribution in [1.82, 2.24) is 9.80 Å². The fourth-order valence-electron chi connectivity index (χ4n) is 2.92. The van der Waals surface area contributed by atoms with E-state index in [1.165, 1.54) is 0 Å². The molecule has 0 spiro atoms. The van der Waals surface area contributed by atoms with Crippen molar-refractivity contribution in [2.45, 2.75) is 77.1 Å². The highest BCUT2D eigenvalue weighted by Gasteiger charge is 2.41. The van der Waals surface area contributed by atoms with E-state index in [0.29, 0.717) is 19.1 Å². The molecule has 0 aromatic rings. The molecule has 0 unspecified atom stereocenters. The fourth-order valence-corrected chi connectivity index (χ4v) is 2.92. The van der Waals surface area contributed by atoms with Gasteiger partial charge >= 0.3 is 6.09 Å². The Balaban J connectivity index is 1.95. The largest absolute Gasteiger partial charge is 0.444 e. The van der Waals surface area contributed by atoms with Crippen molar-refractivity contribution in [3.8, 4) is 0 Å². The van der Waals surface area contributed by atoms with Crippen LogP contribution in [-0.4, -0.2) is 58.6 Å². The molecule has 2 rings (SSSR count). The number of ether oxygens (including phenoxy) is 1. The lowest BCUT2D eigenvalue weighted by Gasteiger charge is -2.39. The van der Waals surface area contributed by atoms with E-state index in [1.54, 1.807) is 11.8 Å². The molecular weight excluding hydrogens is 282 g/mol. The number of carbonyl (C=O) groups is 2. The molecule has 1 saturated heterocycles. The molecule has 126 valence electrons. The maximum atomic E-state index is 12.5. The van der Waals surface area contributed by atoms with Crippen LogP contribution in [0.3, 0.4) is 0 Å². The van der Waals surface area contributed by atoms with Gasteiger partial charge in [0.1, 0.15) is 5.60 Å². The first-order valence-corrected chi connectivity index (χ1v) is 8.24. The summed E-state index contributed by atoms with van der Waals surface area (Å²) in [6.45, 7) is 8.71. The summed E-state index contributed by atoms with van der Waals surface area (Å²) in [5.74, 6) is -0.00584. The summed E-state index contributed by atoms with van der Waals surface area (Å²) in [5, 5.41) is 0. The Hall–Kier alpha value is -1.30. The predicted molar refractivity (Wildman–Crippen MR) is 84.3 cm³/mol. The van der Waals surface area contributed by atoms with Gasteiger partial charge < -0.3 is 20.3 Å². The molecular formula is C16H29N3O3. The van der Waals surface area contributed by atoms with Gasteiger partial charge in [0.05, 0.1) is 6.04 Å². The first-order valence-electron chi connectivity index (χ1n) is 8.24. The van der Waals surface area contributed by atoms with E-state index in [1.807, 2.05) is 25.7 Å². The van der Waals surface area contributed by atoms with Crippen molar-refractivity contribution < 1.29 is 14.3 Å². The van der Waals surface area contributed by atoms with Gasteiger partial charge in [-0.05, 0) is 53.4 Å². The first kappa shape index (κ1) is 17.1. The molecule has 2 aliphatic rings. The van der Waals surface area contributed by atoms with E-state index in [2.05, 4.69) is 0 Å². The second kappa shape index (κ2) is 6.44. The molecule has 1 aliphatic heterocycles. The molecule has 1 atom stereocenters. The molecule has 2 N–H and O–H groups in total. The quantitative estimate of drug-likeness (QED) is 0.861. The molecule has 1 aliphatic carbocycles. The molecule has 6 heteroatoms. The highest BCUT2D eigenvalue weighted by Crippen LogP contribution is 2.33. The smallest absolute Gasteiger partial charge is 0.410 e. The molecule has 2 fully saturated rings. The predicted octanol–water partition coefficient (Wildman–Crippen LogP) is 1.72. The monoisotopic (exact) mass is 311 g/mol. The molecule has 1 saturated carbocycles. The van der Waals surface area contributed by atoms with Gasteiger partial charge in [0.25, 0.3) is 0 Å². The molecule has 0 aromatic heterocycles. The third-order valence-corrected chi connectivity index (χ3v) is 4.10. The van der Waals surface area contributed by atoms with Crippen LogP contribution in [0.2, 0.25) is 0 Å². The molecule has 6 nitrogen and oxygen atoms in total. The van der Waals surface area contributed by atoms with Gasteiger partial charge in [-0.1, -0.05) is 0 Å². The summed E-state index contributed by atoms with van der Waals surface area (Å²) in [5.41, 5.74) is 5.19. The minimum Gasteiger partial charge on any atom is -0.444 e. The molecule has 22 heavy (non-hydrogen) atoms. The van der Waals surface area contributed by atoms with E-state index in [4.69, 9.17) is 10.5 Å². The van der Waals surface area contributed by atoms with Crippen molar-refractivity contribution in [3.05, 3.63) is 0 Å². The number of hydrogen-bond donors (Lipinski definition) is 1. The normalized spacial score (nSPS) is 21.4. The zero-order valence-electron chi connectivity index (χ0n) is 14.2. The lowest BCUT2D eigenvalue weighted by atomic mass is 10.0. The number of hydrogen-bond acceptors (Lipinski definition) is 4. The van der Waals surface area contributed by atoms with Crippen molar-refractivity contribution >= 4 is 12.0 Å². The van der Waals surface area contributed by atoms with Crippen LogP contribution in [0.1, 0.15) is 53.4 Å². The number of carbonyl (C=O) groups excluding carboxylic acids is 2. The average Bonchev–Trinajstić information content (AvgIpc) is 3.21. The Labute approximate surface area is 132 Å². The maximum absolute atomic E-state index is 12.5. The molecule has 0 radical (unpaired) electrons. The summed E-state index contributed by atoms with van der Waals surface area (Å²) in [6, 6.07) is 0.0250. The van der Waals surface area contributed by atoms with E-state index >= 15 is 0 Å². The van der Waals surface area contributed by atoms with E-state index < -0.39 is 11.6 Å². The second-order valence-electron chi connectivity index (χ2n) is 7.46. The van der Waals surface area contributed by atoms with Crippen LogP contribution in [0, 0.1) is 0 Å². The van der Waals surface area contributed by atoms with Gasteiger partial charge in [-0.25, -0.2) is 4.79 Å². The van der Waals surface area contributed by atoms with Crippen molar-refractivity contribution in [2.24, 2.45) is 5.73 Å². The summed E-state index contributed by atoms with van der Waals surface area (Å²) >= 11 is 0. The molecule has 1 heterocycles. The summed E-state index contributed by atoms with van der Waals surface area (Å²) in [6.07, 6.45) is 3.49. The van der Waals surface area contributed by atoms with Crippen LogP contribution in [-0.2, 0) is 9.53 Å². The zero-order chi connectivity index (χ0) is 16.5. The molecule has 2 amide bonds. The molecule has 0 bridgehead atoms. The zero-order valence-corrected chi connectivity index (χ0v) is 14.2. The third kappa shape index (κ3) is 4.35. The minimum absolute atomic E-state index is 0.00584. The number of likely N-dealkylation sites (tertiary alicyclic amines) is 1. The van der Waals surface area contributed by atoms with Crippen LogP contribution in [0.15, 0.2) is 0 Å². The Bertz CT molecular complexity index is 419. The number of nitrogens with two attached hydrogens (primary N) is 1. The van der Waals surface area contributed by atoms with Gasteiger partial charge in [0, 0.05) is 25.2 Å². The van der Waals surface area contributed by atoms with Gasteiger partial charge in [-0.3, -0.25) is 4.79 Å². The summed E-state index contributed by atoms with van der Waals surface area (Å²) < 4.78 is 5.55. The highest BCUT2D eigenvalue weighted by atomic mass is 16.6. The highest BCUT2D eigenvalue weighted by molar-refractivity contribution is 5.81. The van der Waals surface area contributed by atoms with Crippen molar-refractivity contribution in [3.63, 3.8) is 0 Å². The first-order chi connectivity index (χ1) is 10.2. The lowest BCUT2D eigenvalue weighted by molar-refractivity contribution is -0.133. The maximum Gasteiger partial charge on any atom is 0.410 e.